The van der Waals surface area contributed by atoms with Gasteiger partial charge in [0.1, 0.15) is 17.2 Å². The van der Waals surface area contributed by atoms with Gasteiger partial charge in [0.25, 0.3) is 0 Å². The zero-order valence-corrected chi connectivity index (χ0v) is 15.4. The molecule has 0 unspecified atom stereocenters. The fraction of sp³-hybridized carbons (Fsp3) is 0.286. The van der Waals surface area contributed by atoms with Crippen molar-refractivity contribution in [2.45, 2.75) is 18.9 Å². The third-order valence-electron chi connectivity index (χ3n) is 4.58. The van der Waals surface area contributed by atoms with Gasteiger partial charge in [0, 0.05) is 12.0 Å². The molecule has 0 saturated heterocycles. The highest BCUT2D eigenvalue weighted by molar-refractivity contribution is 5.66. The molecule has 0 heterocycles. The van der Waals surface area contributed by atoms with Crippen LogP contribution >= 0.6 is 0 Å². The summed E-state index contributed by atoms with van der Waals surface area (Å²) in [5.74, 6) is 2.14. The lowest BCUT2D eigenvalue weighted by Gasteiger charge is -2.26. The van der Waals surface area contributed by atoms with E-state index in [4.69, 9.17) is 9.47 Å². The smallest absolute Gasteiger partial charge is 0.433 e. The molecule has 0 saturated carbocycles. The maximum atomic E-state index is 11.6. The normalized spacial score (nSPS) is 18.2. The van der Waals surface area contributed by atoms with Crippen molar-refractivity contribution < 1.29 is 24.2 Å². The van der Waals surface area contributed by atoms with Crippen LogP contribution in [0.25, 0.3) is 0 Å². The molecule has 0 spiro atoms. The molecule has 27 heavy (non-hydrogen) atoms. The predicted octanol–water partition coefficient (Wildman–Crippen LogP) is 4.43. The van der Waals surface area contributed by atoms with Crippen LogP contribution < -0.4 is 9.47 Å². The van der Waals surface area contributed by atoms with Gasteiger partial charge < -0.3 is 14.2 Å². The summed E-state index contributed by atoms with van der Waals surface area (Å²) in [6, 6.07) is 14.9. The van der Waals surface area contributed by atoms with E-state index >= 15 is 0 Å². The molecule has 0 radical (unpaired) electrons. The van der Waals surface area contributed by atoms with E-state index < -0.39 is 6.09 Å². The SMILES string of the molecule is COC(=O)N(O)[C@@H]1CC=C[C@H]1Cc1cccc(Oc2cccc(OC)c2)c1. The van der Waals surface area contributed by atoms with Gasteiger partial charge >= 0.3 is 6.09 Å². The number of carbonyl (C=O) groups excluding carboxylic acids is 1. The molecule has 1 aliphatic carbocycles. The molecule has 1 amide bonds. The zero-order valence-electron chi connectivity index (χ0n) is 15.4. The summed E-state index contributed by atoms with van der Waals surface area (Å²) < 4.78 is 15.7. The molecule has 6 nitrogen and oxygen atoms in total. The number of benzene rings is 2. The predicted molar refractivity (Wildman–Crippen MR) is 100 cm³/mol. The van der Waals surface area contributed by atoms with Crippen molar-refractivity contribution in [3.05, 3.63) is 66.2 Å². The van der Waals surface area contributed by atoms with E-state index in [1.54, 1.807) is 7.11 Å². The largest absolute Gasteiger partial charge is 0.497 e. The molecule has 2 aromatic carbocycles. The van der Waals surface area contributed by atoms with Crippen molar-refractivity contribution in [2.75, 3.05) is 14.2 Å². The van der Waals surface area contributed by atoms with Crippen molar-refractivity contribution in [1.29, 1.82) is 0 Å². The monoisotopic (exact) mass is 369 g/mol. The summed E-state index contributed by atoms with van der Waals surface area (Å²) in [7, 11) is 2.87. The minimum absolute atomic E-state index is 0.00108. The molecule has 1 N–H and O–H groups in total. The van der Waals surface area contributed by atoms with Crippen molar-refractivity contribution in [3.8, 4) is 17.2 Å². The summed E-state index contributed by atoms with van der Waals surface area (Å²) in [6.07, 6.45) is 4.51. The molecule has 142 valence electrons. The highest BCUT2D eigenvalue weighted by Gasteiger charge is 2.31. The molecule has 6 heteroatoms. The lowest BCUT2D eigenvalue weighted by Crippen LogP contribution is -2.40. The number of hydrogen-bond acceptors (Lipinski definition) is 5. The number of nitrogens with zero attached hydrogens (tertiary/aromatic N) is 1. The van der Waals surface area contributed by atoms with Crippen LogP contribution in [0.1, 0.15) is 12.0 Å². The molecular weight excluding hydrogens is 346 g/mol. The molecule has 0 fully saturated rings. The number of rotatable bonds is 6. The summed E-state index contributed by atoms with van der Waals surface area (Å²) in [4.78, 5) is 11.6. The number of methoxy groups -OCH3 is 2. The fourth-order valence-corrected chi connectivity index (χ4v) is 3.22. The van der Waals surface area contributed by atoms with E-state index in [-0.39, 0.29) is 12.0 Å². The van der Waals surface area contributed by atoms with Gasteiger partial charge in [-0.2, -0.15) is 5.06 Å². The van der Waals surface area contributed by atoms with Crippen LogP contribution in [-0.4, -0.2) is 36.6 Å². The fourth-order valence-electron chi connectivity index (χ4n) is 3.22. The highest BCUT2D eigenvalue weighted by Crippen LogP contribution is 2.29. The van der Waals surface area contributed by atoms with Crippen LogP contribution in [0.2, 0.25) is 0 Å². The Morgan fingerprint density at radius 1 is 1.11 bits per heavy atom. The van der Waals surface area contributed by atoms with E-state index in [9.17, 15) is 10.0 Å². The number of ether oxygens (including phenoxy) is 3. The molecule has 3 rings (SSSR count). The summed E-state index contributed by atoms with van der Waals surface area (Å²) in [5, 5.41) is 10.7. The second kappa shape index (κ2) is 8.60. The van der Waals surface area contributed by atoms with Crippen LogP contribution in [-0.2, 0) is 11.2 Å². The lowest BCUT2D eigenvalue weighted by molar-refractivity contribution is -0.107. The first-order valence-electron chi connectivity index (χ1n) is 8.74. The van der Waals surface area contributed by atoms with Crippen molar-refractivity contribution >= 4 is 6.09 Å². The summed E-state index contributed by atoms with van der Waals surface area (Å²) >= 11 is 0. The Morgan fingerprint density at radius 2 is 1.81 bits per heavy atom. The Hall–Kier alpha value is -2.99. The van der Waals surface area contributed by atoms with Crippen LogP contribution in [0.4, 0.5) is 4.79 Å². The third kappa shape index (κ3) is 4.60. The Balaban J connectivity index is 1.70. The van der Waals surface area contributed by atoms with Crippen molar-refractivity contribution in [3.63, 3.8) is 0 Å². The van der Waals surface area contributed by atoms with Gasteiger partial charge in [-0.3, -0.25) is 5.21 Å². The average molecular weight is 369 g/mol. The Kier molecular flexibility index (Phi) is 5.98. The zero-order chi connectivity index (χ0) is 19.2. The first kappa shape index (κ1) is 18.8. The minimum Gasteiger partial charge on any atom is -0.497 e. The van der Waals surface area contributed by atoms with Crippen LogP contribution in [0.15, 0.2) is 60.7 Å². The standard InChI is InChI=1S/C21H23NO5/c1-25-17-8-5-10-19(14-17)27-18-9-3-6-15(13-18)12-16-7-4-11-20(16)22(24)21(23)26-2/h3-10,13-14,16,20,24H,11-12H2,1-2H3/t16-,20+/m0/s1. The van der Waals surface area contributed by atoms with Crippen LogP contribution in [0.3, 0.4) is 0 Å². The lowest BCUT2D eigenvalue weighted by atomic mass is 9.94. The molecular formula is C21H23NO5. The molecule has 2 atom stereocenters. The van der Waals surface area contributed by atoms with Crippen LogP contribution in [0, 0.1) is 5.92 Å². The summed E-state index contributed by atoms with van der Waals surface area (Å²) in [5.41, 5.74) is 1.05. The van der Waals surface area contributed by atoms with Gasteiger partial charge in [-0.05, 0) is 42.7 Å². The van der Waals surface area contributed by atoms with Gasteiger partial charge in [-0.15, -0.1) is 0 Å². The quantitative estimate of drug-likeness (QED) is 0.463. The number of carbonyl (C=O) groups is 1. The molecule has 1 aliphatic rings. The van der Waals surface area contributed by atoms with E-state index in [1.165, 1.54) is 7.11 Å². The molecule has 0 aliphatic heterocycles. The van der Waals surface area contributed by atoms with Gasteiger partial charge in [0.05, 0.1) is 20.3 Å². The van der Waals surface area contributed by atoms with E-state index in [2.05, 4.69) is 4.74 Å². The topological polar surface area (TPSA) is 68.2 Å². The van der Waals surface area contributed by atoms with Gasteiger partial charge in [-0.1, -0.05) is 30.4 Å². The Labute approximate surface area is 158 Å². The number of amides is 1. The first-order chi connectivity index (χ1) is 13.1. The Morgan fingerprint density at radius 3 is 2.56 bits per heavy atom. The van der Waals surface area contributed by atoms with E-state index in [1.807, 2.05) is 60.7 Å². The molecule has 0 bridgehead atoms. The summed E-state index contributed by atoms with van der Waals surface area (Å²) in [6.45, 7) is 0. The van der Waals surface area contributed by atoms with Gasteiger partial charge in [-0.25, -0.2) is 4.79 Å². The number of hydroxylamine groups is 2. The van der Waals surface area contributed by atoms with Crippen molar-refractivity contribution in [1.82, 2.24) is 5.06 Å². The Bertz CT molecular complexity index is 820. The van der Waals surface area contributed by atoms with E-state index in [0.717, 1.165) is 11.3 Å². The maximum Gasteiger partial charge on any atom is 0.433 e. The molecule has 2 aromatic rings. The first-order valence-corrected chi connectivity index (χ1v) is 8.74. The second-order valence-electron chi connectivity index (χ2n) is 6.34. The van der Waals surface area contributed by atoms with Gasteiger partial charge in [0.15, 0.2) is 0 Å². The highest BCUT2D eigenvalue weighted by atomic mass is 16.6. The third-order valence-corrected chi connectivity index (χ3v) is 4.58. The van der Waals surface area contributed by atoms with Crippen LogP contribution in [0.5, 0.6) is 17.2 Å². The second-order valence-corrected chi connectivity index (χ2v) is 6.34. The average Bonchev–Trinajstić information content (AvgIpc) is 3.15. The number of hydrogen-bond donors (Lipinski definition) is 1. The molecule has 0 aromatic heterocycles. The van der Waals surface area contributed by atoms with E-state index in [0.29, 0.717) is 29.4 Å². The minimum atomic E-state index is -0.746. The maximum absolute atomic E-state index is 11.6. The van der Waals surface area contributed by atoms with Gasteiger partial charge in [0.2, 0.25) is 0 Å². The van der Waals surface area contributed by atoms with Crippen molar-refractivity contribution in [2.24, 2.45) is 5.92 Å².